The molecule has 1 aromatic rings. The van der Waals surface area contributed by atoms with Gasteiger partial charge in [-0.05, 0) is 12.1 Å². The quantitative estimate of drug-likeness (QED) is 0.694. The lowest BCUT2D eigenvalue weighted by Crippen LogP contribution is -2.17. The van der Waals surface area contributed by atoms with Gasteiger partial charge in [-0.15, -0.1) is 12.6 Å². The molecule has 1 amide bonds. The lowest BCUT2D eigenvalue weighted by molar-refractivity contribution is 0.0963. The van der Waals surface area contributed by atoms with Gasteiger partial charge in [0.25, 0.3) is 5.91 Å². The summed E-state index contributed by atoms with van der Waals surface area (Å²) in [6.07, 6.45) is 0. The third-order valence-electron chi connectivity index (χ3n) is 1.60. The van der Waals surface area contributed by atoms with Gasteiger partial charge in [0, 0.05) is 18.2 Å². The summed E-state index contributed by atoms with van der Waals surface area (Å²) in [7, 11) is 1.54. The van der Waals surface area contributed by atoms with Crippen LogP contribution in [0.15, 0.2) is 24.3 Å². The Hall–Kier alpha value is -1.29. The molecule has 0 unspecified atom stereocenters. The van der Waals surface area contributed by atoms with Crippen LogP contribution in [0, 0.1) is 0 Å². The van der Waals surface area contributed by atoms with E-state index in [1.807, 2.05) is 0 Å². The second-order valence-electron chi connectivity index (χ2n) is 2.47. The Morgan fingerprint density at radius 1 is 1.31 bits per heavy atom. The van der Waals surface area contributed by atoms with Gasteiger partial charge in [-0.3, -0.25) is 9.59 Å². The maximum atomic E-state index is 11.1. The molecule has 0 fully saturated rings. The van der Waals surface area contributed by atoms with Crippen LogP contribution in [0.3, 0.4) is 0 Å². The number of nitrogens with one attached hydrogen (secondary N) is 1. The van der Waals surface area contributed by atoms with E-state index in [0.29, 0.717) is 11.1 Å². The molecule has 1 N–H and O–H groups in total. The topological polar surface area (TPSA) is 46.2 Å². The Bertz CT molecular complexity index is 349. The molecule has 0 aliphatic carbocycles. The Morgan fingerprint density at radius 2 is 1.92 bits per heavy atom. The number of hydrogen-bond acceptors (Lipinski definition) is 2. The average Bonchev–Trinajstić information content (AvgIpc) is 2.17. The zero-order valence-corrected chi connectivity index (χ0v) is 7.97. The van der Waals surface area contributed by atoms with Gasteiger partial charge >= 0.3 is 0 Å². The van der Waals surface area contributed by atoms with Crippen molar-refractivity contribution in [3.8, 4) is 0 Å². The SMILES string of the molecule is CNC(=O)c1cccc(C(=O)S)c1. The highest BCUT2D eigenvalue weighted by Crippen LogP contribution is 2.07. The van der Waals surface area contributed by atoms with Crippen LogP contribution in [0.5, 0.6) is 0 Å². The lowest BCUT2D eigenvalue weighted by atomic mass is 10.1. The lowest BCUT2D eigenvalue weighted by Gasteiger charge is -2.00. The van der Waals surface area contributed by atoms with Crippen molar-refractivity contribution in [1.29, 1.82) is 0 Å². The number of hydrogen-bond donors (Lipinski definition) is 2. The first-order valence-electron chi connectivity index (χ1n) is 3.70. The van der Waals surface area contributed by atoms with E-state index < -0.39 is 0 Å². The molecule has 0 saturated carbocycles. The predicted octanol–water partition coefficient (Wildman–Crippen LogP) is 1.12. The third-order valence-corrected chi connectivity index (χ3v) is 1.86. The third kappa shape index (κ3) is 2.32. The summed E-state index contributed by atoms with van der Waals surface area (Å²) < 4.78 is 0. The molecule has 1 aromatic carbocycles. The minimum absolute atomic E-state index is 0.212. The van der Waals surface area contributed by atoms with Crippen molar-refractivity contribution >= 4 is 23.7 Å². The standard InChI is InChI=1S/C9H9NO2S/c1-10-8(11)6-3-2-4-7(5-6)9(12)13/h2-5H,1H3,(H,10,11)(H,12,13). The van der Waals surface area contributed by atoms with Crippen molar-refractivity contribution in [3.05, 3.63) is 35.4 Å². The van der Waals surface area contributed by atoms with Crippen molar-refractivity contribution in [3.63, 3.8) is 0 Å². The van der Waals surface area contributed by atoms with Crippen LogP contribution < -0.4 is 5.32 Å². The molecular weight excluding hydrogens is 186 g/mol. The highest BCUT2D eigenvalue weighted by atomic mass is 32.1. The van der Waals surface area contributed by atoms with E-state index in [4.69, 9.17) is 0 Å². The van der Waals surface area contributed by atoms with E-state index >= 15 is 0 Å². The Labute approximate surface area is 81.6 Å². The van der Waals surface area contributed by atoms with Gasteiger partial charge in [0.1, 0.15) is 0 Å². The van der Waals surface area contributed by atoms with E-state index in [0.717, 1.165) is 0 Å². The summed E-state index contributed by atoms with van der Waals surface area (Å²) in [6.45, 7) is 0. The first-order chi connectivity index (χ1) is 6.15. The van der Waals surface area contributed by atoms with Crippen LogP contribution in [0.1, 0.15) is 20.7 Å². The Morgan fingerprint density at radius 3 is 2.46 bits per heavy atom. The van der Waals surface area contributed by atoms with Crippen LogP contribution in [0.25, 0.3) is 0 Å². The van der Waals surface area contributed by atoms with Crippen molar-refractivity contribution < 1.29 is 9.59 Å². The van der Waals surface area contributed by atoms with Crippen molar-refractivity contribution in [2.45, 2.75) is 0 Å². The molecule has 0 heterocycles. The molecule has 0 saturated heterocycles. The maximum absolute atomic E-state index is 11.1. The summed E-state index contributed by atoms with van der Waals surface area (Å²) in [6, 6.07) is 6.41. The van der Waals surface area contributed by atoms with Gasteiger partial charge in [0.05, 0.1) is 0 Å². The van der Waals surface area contributed by atoms with Crippen molar-refractivity contribution in [2.75, 3.05) is 7.05 Å². The average molecular weight is 195 g/mol. The second-order valence-corrected chi connectivity index (χ2v) is 2.87. The van der Waals surface area contributed by atoms with Crippen molar-refractivity contribution in [2.24, 2.45) is 0 Å². The van der Waals surface area contributed by atoms with Crippen molar-refractivity contribution in [1.82, 2.24) is 5.32 Å². The first-order valence-corrected chi connectivity index (χ1v) is 4.15. The zero-order valence-electron chi connectivity index (χ0n) is 7.07. The number of amides is 1. The first kappa shape index (κ1) is 9.80. The zero-order chi connectivity index (χ0) is 9.84. The number of benzene rings is 1. The van der Waals surface area contributed by atoms with E-state index in [1.54, 1.807) is 18.2 Å². The number of carbonyl (C=O) groups is 2. The second kappa shape index (κ2) is 4.09. The van der Waals surface area contributed by atoms with Gasteiger partial charge in [-0.2, -0.15) is 0 Å². The number of rotatable bonds is 2. The summed E-state index contributed by atoms with van der Waals surface area (Å²) in [5, 5.41) is 2.13. The van der Waals surface area contributed by atoms with Crippen LogP contribution in [0.2, 0.25) is 0 Å². The molecule has 13 heavy (non-hydrogen) atoms. The fraction of sp³-hybridized carbons (Fsp3) is 0.111. The smallest absolute Gasteiger partial charge is 0.251 e. The monoisotopic (exact) mass is 195 g/mol. The molecule has 1 rings (SSSR count). The fourth-order valence-corrected chi connectivity index (χ4v) is 1.08. The fourth-order valence-electron chi connectivity index (χ4n) is 0.938. The molecule has 0 spiro atoms. The van der Waals surface area contributed by atoms with Crippen LogP contribution in [-0.2, 0) is 0 Å². The summed E-state index contributed by atoms with van der Waals surface area (Å²) >= 11 is 3.66. The molecular formula is C9H9NO2S. The van der Waals surface area contributed by atoms with Gasteiger partial charge in [0.2, 0.25) is 5.12 Å². The highest BCUT2D eigenvalue weighted by molar-refractivity contribution is 7.97. The van der Waals surface area contributed by atoms with Gasteiger partial charge in [-0.1, -0.05) is 12.1 Å². The molecule has 4 heteroatoms. The molecule has 0 aromatic heterocycles. The number of thiol groups is 1. The maximum Gasteiger partial charge on any atom is 0.251 e. The summed E-state index contributed by atoms with van der Waals surface area (Å²) in [5.41, 5.74) is 0.881. The number of carbonyl (C=O) groups excluding carboxylic acids is 2. The minimum atomic E-state index is -0.342. The molecule has 0 aliphatic rings. The minimum Gasteiger partial charge on any atom is -0.355 e. The van der Waals surface area contributed by atoms with E-state index in [-0.39, 0.29) is 11.0 Å². The molecule has 0 aliphatic heterocycles. The van der Waals surface area contributed by atoms with Crippen LogP contribution >= 0.6 is 12.6 Å². The molecule has 0 bridgehead atoms. The van der Waals surface area contributed by atoms with Gasteiger partial charge in [0.15, 0.2) is 0 Å². The summed E-state index contributed by atoms with van der Waals surface area (Å²) in [4.78, 5) is 22.0. The van der Waals surface area contributed by atoms with E-state index in [1.165, 1.54) is 13.1 Å². The molecule has 0 radical (unpaired) electrons. The molecule has 68 valence electrons. The molecule has 3 nitrogen and oxygen atoms in total. The van der Waals surface area contributed by atoms with Crippen LogP contribution in [-0.4, -0.2) is 18.1 Å². The highest BCUT2D eigenvalue weighted by Gasteiger charge is 2.05. The Balaban J connectivity index is 3.05. The van der Waals surface area contributed by atoms with Gasteiger partial charge < -0.3 is 5.32 Å². The van der Waals surface area contributed by atoms with E-state index in [2.05, 4.69) is 17.9 Å². The van der Waals surface area contributed by atoms with E-state index in [9.17, 15) is 9.59 Å². The Kier molecular flexibility index (Phi) is 3.08. The largest absolute Gasteiger partial charge is 0.355 e. The normalized spacial score (nSPS) is 9.38. The van der Waals surface area contributed by atoms with Crippen LogP contribution in [0.4, 0.5) is 0 Å². The van der Waals surface area contributed by atoms with Gasteiger partial charge in [-0.25, -0.2) is 0 Å². The summed E-state index contributed by atoms with van der Waals surface area (Å²) in [5.74, 6) is -0.212. The predicted molar refractivity (Wildman–Crippen MR) is 53.1 cm³/mol. The molecule has 0 atom stereocenters.